The third-order valence-corrected chi connectivity index (χ3v) is 8.93. The van der Waals surface area contributed by atoms with Gasteiger partial charge in [-0.25, -0.2) is 29.3 Å². The monoisotopic (exact) mass is 772 g/mol. The molecule has 1 saturated heterocycles. The van der Waals surface area contributed by atoms with Crippen LogP contribution in [0.2, 0.25) is 10.0 Å². The van der Waals surface area contributed by atoms with Crippen molar-refractivity contribution in [3.8, 4) is 5.75 Å². The molecule has 51 heavy (non-hydrogen) atoms. The number of imide groups is 1. The molecule has 1 aliphatic heterocycles. The zero-order valence-electron chi connectivity index (χ0n) is 29.9. The number of rotatable bonds is 8. The van der Waals surface area contributed by atoms with Gasteiger partial charge in [0.1, 0.15) is 28.9 Å². The molecule has 0 spiro atoms. The van der Waals surface area contributed by atoms with Crippen LogP contribution in [0.25, 0.3) is 11.2 Å². The van der Waals surface area contributed by atoms with E-state index in [1.165, 1.54) is 12.7 Å². The number of halogens is 2. The molecule has 1 aliphatic rings. The maximum absolute atomic E-state index is 13.3. The van der Waals surface area contributed by atoms with Crippen LogP contribution in [0.3, 0.4) is 0 Å². The molecule has 1 aromatic carbocycles. The van der Waals surface area contributed by atoms with Gasteiger partial charge in [0.15, 0.2) is 17.0 Å². The van der Waals surface area contributed by atoms with Gasteiger partial charge in [0.25, 0.3) is 0 Å². The number of imidazole rings is 1. The molecule has 1 fully saturated rings. The van der Waals surface area contributed by atoms with Gasteiger partial charge in [-0.2, -0.15) is 17.6 Å². The van der Waals surface area contributed by atoms with Gasteiger partial charge in [-0.15, -0.1) is 0 Å². The fraction of sp³-hybridized carbons (Fsp3) is 0.562. The Kier molecular flexibility index (Phi) is 11.7. The van der Waals surface area contributed by atoms with Crippen LogP contribution < -0.4 is 9.64 Å². The zero-order valence-corrected chi connectivity index (χ0v) is 32.2. The highest BCUT2D eigenvalue weighted by atomic mass is 35.5. The maximum Gasteiger partial charge on any atom is 0.426 e. The lowest BCUT2D eigenvalue weighted by Gasteiger charge is -2.28. The first-order chi connectivity index (χ1) is 23.5. The molecule has 2 aromatic heterocycles. The fourth-order valence-corrected chi connectivity index (χ4v) is 6.35. The van der Waals surface area contributed by atoms with E-state index in [-0.39, 0.29) is 53.2 Å². The first-order valence-electron chi connectivity index (χ1n) is 15.9. The summed E-state index contributed by atoms with van der Waals surface area (Å²) in [6.45, 7) is 14.8. The molecule has 3 aromatic rings. The Labute approximate surface area is 306 Å². The van der Waals surface area contributed by atoms with Crippen LogP contribution >= 0.6 is 23.2 Å². The van der Waals surface area contributed by atoms with Crippen molar-refractivity contribution in [3.63, 3.8) is 0 Å². The molecular weight excluding hydrogens is 731 g/mol. The molecule has 1 atom stereocenters. The third kappa shape index (κ3) is 10.1. The van der Waals surface area contributed by atoms with E-state index in [0.717, 1.165) is 0 Å². The van der Waals surface area contributed by atoms with Gasteiger partial charge in [0.05, 0.1) is 42.2 Å². The summed E-state index contributed by atoms with van der Waals surface area (Å²) in [4.78, 5) is 52.9. The summed E-state index contributed by atoms with van der Waals surface area (Å²) in [5, 5.41) is 0.446. The van der Waals surface area contributed by atoms with E-state index >= 15 is 0 Å². The number of aromatic nitrogens is 4. The summed E-state index contributed by atoms with van der Waals surface area (Å²) in [5.74, 6) is 0.207. The second kappa shape index (κ2) is 15.0. The van der Waals surface area contributed by atoms with Crippen molar-refractivity contribution in [1.29, 1.82) is 0 Å². The highest BCUT2D eigenvalue weighted by Gasteiger charge is 2.44. The van der Waals surface area contributed by atoms with Crippen molar-refractivity contribution in [2.24, 2.45) is 0 Å². The van der Waals surface area contributed by atoms with Crippen molar-refractivity contribution in [2.45, 2.75) is 105 Å². The van der Waals surface area contributed by atoms with Crippen LogP contribution in [-0.2, 0) is 35.2 Å². The molecule has 4 rings (SSSR count). The molecule has 16 nitrogen and oxygen atoms in total. The van der Waals surface area contributed by atoms with Gasteiger partial charge in [-0.05, 0) is 87.3 Å². The number of nitrogens with zero attached hydrogens (tertiary/aromatic N) is 6. The summed E-state index contributed by atoms with van der Waals surface area (Å²) in [6, 6.07) is 2.41. The summed E-state index contributed by atoms with van der Waals surface area (Å²) >= 11 is 13.0. The van der Waals surface area contributed by atoms with Crippen molar-refractivity contribution in [3.05, 3.63) is 40.4 Å². The largest absolute Gasteiger partial charge is 0.493 e. The van der Waals surface area contributed by atoms with Crippen molar-refractivity contribution in [2.75, 3.05) is 18.1 Å². The number of fused-ring (bicyclic) bond motifs is 1. The van der Waals surface area contributed by atoms with Gasteiger partial charge in [-0.3, -0.25) is 4.18 Å². The molecule has 0 N–H and O–H groups in total. The number of ether oxygens (including phenoxy) is 4. The van der Waals surface area contributed by atoms with Gasteiger partial charge < -0.3 is 23.5 Å². The van der Waals surface area contributed by atoms with Crippen LogP contribution in [-0.4, -0.2) is 86.6 Å². The van der Waals surface area contributed by atoms with E-state index in [9.17, 15) is 22.8 Å². The lowest BCUT2D eigenvalue weighted by molar-refractivity contribution is 0.0346. The van der Waals surface area contributed by atoms with Gasteiger partial charge in [0, 0.05) is 5.56 Å². The molecule has 0 saturated carbocycles. The average Bonchev–Trinajstić information content (AvgIpc) is 3.51. The Hall–Kier alpha value is -3.93. The molecule has 3 heterocycles. The molecule has 0 unspecified atom stereocenters. The second-order valence-corrected chi connectivity index (χ2v) is 16.8. The van der Waals surface area contributed by atoms with E-state index in [0.29, 0.717) is 26.9 Å². The van der Waals surface area contributed by atoms with Crippen molar-refractivity contribution in [1.82, 2.24) is 23.8 Å². The lowest BCUT2D eigenvalue weighted by Crippen LogP contribution is -2.44. The SMILES string of the molecule is CC(C)(C)OC(=O)N(C(=O)OC(C)(C)C)c1ncnc2c1ncn2Cc1c(OCCC[C@@H]2COS(=O)(=O)N2C(=O)OC(C)(C)C)ccc(Cl)c1Cl. The standard InChI is InChI=1S/C32H42Cl2N6O10S/c1-30(2,3)48-27(41)39(28(42)49-31(4,5)6)26-24-25(35-17-36-26)38(18-37-24)15-20-22(13-12-21(33)23(20)34)46-14-10-11-19-16-47-51(44,45)40(19)29(43)50-32(7,8)9/h12-13,17-19H,10-11,14-16H2,1-9H3/t19-/m1/s1. The normalized spacial score (nSPS) is 16.2. The highest BCUT2D eigenvalue weighted by Crippen LogP contribution is 2.35. The van der Waals surface area contributed by atoms with E-state index in [4.69, 9.17) is 46.3 Å². The first kappa shape index (κ1) is 39.8. The maximum atomic E-state index is 13.3. The fourth-order valence-electron chi connectivity index (χ4n) is 4.76. The Morgan fingerprint density at radius 3 is 2.12 bits per heavy atom. The quantitative estimate of drug-likeness (QED) is 0.171. The highest BCUT2D eigenvalue weighted by molar-refractivity contribution is 7.85. The molecule has 0 bridgehead atoms. The third-order valence-electron chi connectivity index (χ3n) is 6.72. The summed E-state index contributed by atoms with van der Waals surface area (Å²) in [7, 11) is -4.28. The minimum atomic E-state index is -4.28. The minimum Gasteiger partial charge on any atom is -0.493 e. The van der Waals surface area contributed by atoms with E-state index < -0.39 is 51.4 Å². The number of amides is 3. The van der Waals surface area contributed by atoms with Gasteiger partial charge >= 0.3 is 28.6 Å². The molecular formula is C32H42Cl2N6O10S. The number of hydrogen-bond donors (Lipinski definition) is 0. The Morgan fingerprint density at radius 1 is 0.922 bits per heavy atom. The summed E-state index contributed by atoms with van der Waals surface area (Å²) < 4.78 is 54.3. The number of hydrogen-bond acceptors (Lipinski definition) is 13. The lowest BCUT2D eigenvalue weighted by atomic mass is 10.1. The van der Waals surface area contributed by atoms with Crippen molar-refractivity contribution < 1.29 is 45.9 Å². The Bertz CT molecular complexity index is 1870. The van der Waals surface area contributed by atoms with Crippen LogP contribution in [0.4, 0.5) is 20.2 Å². The minimum absolute atomic E-state index is 0.0433. The Balaban J connectivity index is 1.57. The molecule has 280 valence electrons. The molecule has 19 heteroatoms. The van der Waals surface area contributed by atoms with Crippen LogP contribution in [0, 0.1) is 0 Å². The molecule has 0 aliphatic carbocycles. The van der Waals surface area contributed by atoms with Crippen LogP contribution in [0.15, 0.2) is 24.8 Å². The summed E-state index contributed by atoms with van der Waals surface area (Å²) in [5.41, 5.74) is -1.99. The van der Waals surface area contributed by atoms with Gasteiger partial charge in [-0.1, -0.05) is 23.2 Å². The first-order valence-corrected chi connectivity index (χ1v) is 18.0. The number of carbonyl (C=O) groups is 3. The van der Waals surface area contributed by atoms with Crippen LogP contribution in [0.5, 0.6) is 5.75 Å². The molecule has 3 amide bonds. The zero-order chi connectivity index (χ0) is 38.1. The van der Waals surface area contributed by atoms with E-state index in [2.05, 4.69) is 15.0 Å². The topological polar surface area (TPSA) is 182 Å². The molecule has 0 radical (unpaired) electrons. The van der Waals surface area contributed by atoms with E-state index in [1.807, 2.05) is 0 Å². The second-order valence-electron chi connectivity index (χ2n) is 14.5. The number of carbonyl (C=O) groups excluding carboxylic acids is 3. The van der Waals surface area contributed by atoms with E-state index in [1.54, 1.807) is 79.0 Å². The van der Waals surface area contributed by atoms with Gasteiger partial charge in [0.2, 0.25) is 0 Å². The van der Waals surface area contributed by atoms with Crippen LogP contribution in [0.1, 0.15) is 80.7 Å². The smallest absolute Gasteiger partial charge is 0.426 e. The number of benzene rings is 1. The predicted octanol–water partition coefficient (Wildman–Crippen LogP) is 6.90. The number of anilines is 1. The summed E-state index contributed by atoms with van der Waals surface area (Å²) in [6.07, 6.45) is 0.106. The average molecular weight is 774 g/mol. The predicted molar refractivity (Wildman–Crippen MR) is 187 cm³/mol. The Morgan fingerprint density at radius 2 is 1.53 bits per heavy atom. The van der Waals surface area contributed by atoms with Crippen molar-refractivity contribution >= 4 is 68.8 Å².